The molecule has 1 fully saturated rings. The van der Waals surface area contributed by atoms with Crippen molar-refractivity contribution >= 4 is 11.6 Å². The van der Waals surface area contributed by atoms with Crippen molar-refractivity contribution in [2.24, 2.45) is 0 Å². The van der Waals surface area contributed by atoms with Gasteiger partial charge in [-0.25, -0.2) is 4.39 Å². The molecule has 1 aliphatic rings. The number of ether oxygens (including phenoxy) is 3. The van der Waals surface area contributed by atoms with Crippen molar-refractivity contribution in [3.63, 3.8) is 0 Å². The third-order valence-corrected chi connectivity index (χ3v) is 5.69. The highest BCUT2D eigenvalue weighted by molar-refractivity contribution is 5.95. The number of para-hydroxylation sites is 1. The van der Waals surface area contributed by atoms with Gasteiger partial charge in [0.05, 0.1) is 19.9 Å². The highest BCUT2D eigenvalue weighted by Gasteiger charge is 2.26. The van der Waals surface area contributed by atoms with Crippen molar-refractivity contribution in [2.45, 2.75) is 6.61 Å². The van der Waals surface area contributed by atoms with Gasteiger partial charge in [-0.05, 0) is 29.8 Å². The van der Waals surface area contributed by atoms with Crippen molar-refractivity contribution in [1.82, 2.24) is 4.90 Å². The molecule has 33 heavy (non-hydrogen) atoms. The molecule has 4 rings (SSSR count). The van der Waals surface area contributed by atoms with Crippen LogP contribution >= 0.6 is 0 Å². The Labute approximate surface area is 193 Å². The van der Waals surface area contributed by atoms with E-state index in [-0.39, 0.29) is 11.7 Å². The Balaban J connectivity index is 1.48. The molecule has 1 saturated heterocycles. The lowest BCUT2D eigenvalue weighted by atomic mass is 10.1. The Kier molecular flexibility index (Phi) is 6.98. The average molecular weight is 451 g/mol. The summed E-state index contributed by atoms with van der Waals surface area (Å²) in [7, 11) is 3.07. The summed E-state index contributed by atoms with van der Waals surface area (Å²) in [5, 5.41) is 0. The van der Waals surface area contributed by atoms with E-state index in [1.165, 1.54) is 20.3 Å². The zero-order chi connectivity index (χ0) is 23.2. The van der Waals surface area contributed by atoms with Gasteiger partial charge in [0.1, 0.15) is 12.4 Å². The van der Waals surface area contributed by atoms with Gasteiger partial charge in [-0.1, -0.05) is 42.5 Å². The molecule has 1 aliphatic heterocycles. The van der Waals surface area contributed by atoms with Crippen LogP contribution < -0.4 is 19.1 Å². The van der Waals surface area contributed by atoms with Crippen LogP contribution in [-0.2, 0) is 6.61 Å². The van der Waals surface area contributed by atoms with Gasteiger partial charge in [0, 0.05) is 31.7 Å². The minimum atomic E-state index is -0.252. The molecule has 0 atom stereocenters. The lowest BCUT2D eigenvalue weighted by Gasteiger charge is -2.36. The van der Waals surface area contributed by atoms with Gasteiger partial charge in [0.15, 0.2) is 11.5 Å². The molecule has 3 aromatic carbocycles. The predicted molar refractivity (Wildman–Crippen MR) is 125 cm³/mol. The summed E-state index contributed by atoms with van der Waals surface area (Å²) in [6, 6.07) is 19.8. The van der Waals surface area contributed by atoms with E-state index >= 15 is 0 Å². The number of piperazine rings is 1. The number of amides is 1. The molecule has 1 heterocycles. The Hall–Kier alpha value is -3.74. The van der Waals surface area contributed by atoms with E-state index in [2.05, 4.69) is 0 Å². The Bertz CT molecular complexity index is 1070. The number of benzene rings is 3. The third kappa shape index (κ3) is 5.03. The maximum Gasteiger partial charge on any atom is 0.254 e. The third-order valence-electron chi connectivity index (χ3n) is 5.69. The van der Waals surface area contributed by atoms with Crippen molar-refractivity contribution < 1.29 is 23.4 Å². The zero-order valence-electron chi connectivity index (χ0n) is 18.8. The van der Waals surface area contributed by atoms with Gasteiger partial charge in [0.2, 0.25) is 5.75 Å². The molecule has 0 spiro atoms. The summed E-state index contributed by atoms with van der Waals surface area (Å²) < 4.78 is 31.1. The van der Waals surface area contributed by atoms with Crippen LogP contribution in [0.5, 0.6) is 17.2 Å². The summed E-state index contributed by atoms with van der Waals surface area (Å²) >= 11 is 0. The topological polar surface area (TPSA) is 51.2 Å². The minimum Gasteiger partial charge on any atom is -0.493 e. The number of hydrogen-bond acceptors (Lipinski definition) is 5. The molecule has 1 amide bonds. The van der Waals surface area contributed by atoms with Crippen LogP contribution in [0.15, 0.2) is 66.7 Å². The van der Waals surface area contributed by atoms with E-state index in [1.54, 1.807) is 29.2 Å². The van der Waals surface area contributed by atoms with E-state index in [4.69, 9.17) is 14.2 Å². The van der Waals surface area contributed by atoms with Gasteiger partial charge >= 0.3 is 0 Å². The fourth-order valence-electron chi connectivity index (χ4n) is 3.92. The van der Waals surface area contributed by atoms with Crippen molar-refractivity contribution in [3.05, 3.63) is 83.7 Å². The molecular formula is C26H27FN2O4. The monoisotopic (exact) mass is 450 g/mol. The van der Waals surface area contributed by atoms with E-state index in [0.29, 0.717) is 61.3 Å². The van der Waals surface area contributed by atoms with E-state index < -0.39 is 0 Å². The van der Waals surface area contributed by atoms with Crippen LogP contribution in [0, 0.1) is 5.82 Å². The van der Waals surface area contributed by atoms with E-state index in [9.17, 15) is 9.18 Å². The first kappa shape index (κ1) is 22.5. The molecule has 0 N–H and O–H groups in total. The summed E-state index contributed by atoms with van der Waals surface area (Å²) in [4.78, 5) is 16.9. The van der Waals surface area contributed by atoms with Crippen LogP contribution in [0.25, 0.3) is 0 Å². The smallest absolute Gasteiger partial charge is 0.254 e. The first-order valence-electron chi connectivity index (χ1n) is 10.8. The van der Waals surface area contributed by atoms with Gasteiger partial charge < -0.3 is 24.0 Å². The molecule has 0 saturated carbocycles. The van der Waals surface area contributed by atoms with Crippen molar-refractivity contribution in [3.8, 4) is 17.2 Å². The SMILES string of the molecule is COc1cc(C(=O)N2CCN(c3ccccc3F)CC2)cc(OC)c1OCc1ccccc1. The Morgan fingerprint density at radius 2 is 1.48 bits per heavy atom. The first-order chi connectivity index (χ1) is 16.1. The van der Waals surface area contributed by atoms with Gasteiger partial charge in [-0.2, -0.15) is 0 Å². The second-order valence-electron chi connectivity index (χ2n) is 7.71. The maximum absolute atomic E-state index is 14.1. The highest BCUT2D eigenvalue weighted by Crippen LogP contribution is 2.39. The Morgan fingerprint density at radius 1 is 0.879 bits per heavy atom. The van der Waals surface area contributed by atoms with E-state index in [0.717, 1.165) is 5.56 Å². The largest absolute Gasteiger partial charge is 0.493 e. The molecule has 172 valence electrons. The van der Waals surface area contributed by atoms with Crippen LogP contribution in [0.1, 0.15) is 15.9 Å². The number of rotatable bonds is 7. The second-order valence-corrected chi connectivity index (χ2v) is 7.71. The zero-order valence-corrected chi connectivity index (χ0v) is 18.8. The molecular weight excluding hydrogens is 423 g/mol. The fraction of sp³-hybridized carbons (Fsp3) is 0.269. The first-order valence-corrected chi connectivity index (χ1v) is 10.8. The highest BCUT2D eigenvalue weighted by atomic mass is 19.1. The molecule has 0 bridgehead atoms. The molecule has 3 aromatic rings. The van der Waals surface area contributed by atoms with Gasteiger partial charge in [-0.3, -0.25) is 4.79 Å². The second kappa shape index (κ2) is 10.3. The van der Waals surface area contributed by atoms with Crippen LogP contribution in [0.3, 0.4) is 0 Å². The summed E-state index contributed by atoms with van der Waals surface area (Å²) in [6.45, 7) is 2.44. The van der Waals surface area contributed by atoms with Crippen LogP contribution in [-0.4, -0.2) is 51.2 Å². The molecule has 0 aliphatic carbocycles. The lowest BCUT2D eigenvalue weighted by Crippen LogP contribution is -2.49. The van der Waals surface area contributed by atoms with Crippen LogP contribution in [0.4, 0.5) is 10.1 Å². The number of anilines is 1. The van der Waals surface area contributed by atoms with Gasteiger partial charge in [-0.15, -0.1) is 0 Å². The number of carbonyl (C=O) groups is 1. The van der Waals surface area contributed by atoms with Crippen molar-refractivity contribution in [2.75, 3.05) is 45.3 Å². The lowest BCUT2D eigenvalue weighted by molar-refractivity contribution is 0.0745. The molecule has 0 radical (unpaired) electrons. The predicted octanol–water partition coefficient (Wildman–Crippen LogP) is 4.38. The standard InChI is InChI=1S/C26H27FN2O4/c1-31-23-16-20(17-24(32-2)25(23)33-18-19-8-4-3-5-9-19)26(30)29-14-12-28(13-15-29)22-11-7-6-10-21(22)27/h3-11,16-17H,12-15,18H2,1-2H3. The summed E-state index contributed by atoms with van der Waals surface area (Å²) in [5.74, 6) is 0.925. The Morgan fingerprint density at radius 3 is 2.09 bits per heavy atom. The van der Waals surface area contributed by atoms with E-state index in [1.807, 2.05) is 41.3 Å². The fourth-order valence-corrected chi connectivity index (χ4v) is 3.92. The normalized spacial score (nSPS) is 13.5. The molecule has 6 nitrogen and oxygen atoms in total. The van der Waals surface area contributed by atoms with Crippen LogP contribution in [0.2, 0.25) is 0 Å². The number of hydrogen-bond donors (Lipinski definition) is 0. The number of nitrogens with zero attached hydrogens (tertiary/aromatic N) is 2. The molecule has 7 heteroatoms. The summed E-state index contributed by atoms with van der Waals surface area (Å²) in [6.07, 6.45) is 0. The molecule has 0 unspecified atom stereocenters. The summed E-state index contributed by atoms with van der Waals surface area (Å²) in [5.41, 5.74) is 2.03. The van der Waals surface area contributed by atoms with Gasteiger partial charge in [0.25, 0.3) is 5.91 Å². The number of halogens is 1. The van der Waals surface area contributed by atoms with Crippen molar-refractivity contribution in [1.29, 1.82) is 0 Å². The molecule has 0 aromatic heterocycles. The number of carbonyl (C=O) groups excluding carboxylic acids is 1. The minimum absolute atomic E-state index is 0.130. The maximum atomic E-state index is 14.1. The number of methoxy groups -OCH3 is 2. The average Bonchev–Trinajstić information content (AvgIpc) is 2.87. The quantitative estimate of drug-likeness (QED) is 0.535.